The van der Waals surface area contributed by atoms with E-state index < -0.39 is 0 Å². The second kappa shape index (κ2) is 3.97. The third-order valence-electron chi connectivity index (χ3n) is 2.59. The van der Waals surface area contributed by atoms with Gasteiger partial charge in [0.25, 0.3) is 0 Å². The molecule has 0 amide bonds. The second-order valence-corrected chi connectivity index (χ2v) is 4.93. The number of hydrogen-bond acceptors (Lipinski definition) is 1. The zero-order valence-corrected chi connectivity index (χ0v) is 10.9. The maximum absolute atomic E-state index is 4.64. The van der Waals surface area contributed by atoms with Crippen LogP contribution in [0.3, 0.4) is 0 Å². The molecule has 0 saturated heterocycles. The Balaban J connectivity index is 2.75. The van der Waals surface area contributed by atoms with Gasteiger partial charge in [0.05, 0.1) is 11.2 Å². The number of aryl methyl sites for hydroxylation is 1. The number of rotatable bonds is 2. The van der Waals surface area contributed by atoms with Crippen molar-refractivity contribution < 1.29 is 0 Å². The fourth-order valence-corrected chi connectivity index (χ4v) is 2.19. The Labute approximate surface area is 98.4 Å². The van der Waals surface area contributed by atoms with Gasteiger partial charge in [-0.25, -0.2) is 0 Å². The Kier molecular flexibility index (Phi) is 2.83. The molecule has 1 aromatic carbocycles. The van der Waals surface area contributed by atoms with Crippen molar-refractivity contribution in [1.82, 2.24) is 9.78 Å². The van der Waals surface area contributed by atoms with Crippen LogP contribution in [-0.2, 0) is 6.54 Å². The average Bonchev–Trinajstić information content (AvgIpc) is 2.55. The molecule has 0 N–H and O–H groups in total. The summed E-state index contributed by atoms with van der Waals surface area (Å²) in [4.78, 5) is 0. The normalized spacial score (nSPS) is 11.5. The largest absolute Gasteiger partial charge is 0.265 e. The molecule has 3 heteroatoms. The molecule has 15 heavy (non-hydrogen) atoms. The molecule has 0 unspecified atom stereocenters. The minimum Gasteiger partial charge on any atom is -0.265 e. The van der Waals surface area contributed by atoms with E-state index in [4.69, 9.17) is 0 Å². The molecule has 0 aliphatic carbocycles. The number of aromatic nitrogens is 2. The Morgan fingerprint density at radius 2 is 2.13 bits per heavy atom. The molecule has 0 atom stereocenters. The van der Waals surface area contributed by atoms with Crippen LogP contribution in [-0.4, -0.2) is 9.78 Å². The summed E-state index contributed by atoms with van der Waals surface area (Å²) < 4.78 is 3.18. The number of halogens is 1. The minimum atomic E-state index is 0.474. The van der Waals surface area contributed by atoms with Gasteiger partial charge < -0.3 is 0 Å². The summed E-state index contributed by atoms with van der Waals surface area (Å²) in [5, 5.41) is 5.92. The van der Waals surface area contributed by atoms with E-state index >= 15 is 0 Å². The molecule has 0 bridgehead atoms. The van der Waals surface area contributed by atoms with Crippen molar-refractivity contribution in [2.75, 3.05) is 0 Å². The lowest BCUT2D eigenvalue weighted by Crippen LogP contribution is -1.97. The molecule has 2 rings (SSSR count). The topological polar surface area (TPSA) is 17.8 Å². The SMILES string of the molecule is CCn1nc(C(C)C)c2ccc(Br)cc21. The molecule has 0 saturated carbocycles. The number of hydrogen-bond donors (Lipinski definition) is 0. The van der Waals surface area contributed by atoms with Gasteiger partial charge in [-0.3, -0.25) is 4.68 Å². The molecule has 0 fully saturated rings. The van der Waals surface area contributed by atoms with Crippen LogP contribution in [0.4, 0.5) is 0 Å². The fourth-order valence-electron chi connectivity index (χ4n) is 1.84. The van der Waals surface area contributed by atoms with E-state index in [-0.39, 0.29) is 0 Å². The summed E-state index contributed by atoms with van der Waals surface area (Å²) in [5.74, 6) is 0.474. The highest BCUT2D eigenvalue weighted by Crippen LogP contribution is 2.27. The summed E-state index contributed by atoms with van der Waals surface area (Å²) in [5.41, 5.74) is 2.41. The monoisotopic (exact) mass is 266 g/mol. The van der Waals surface area contributed by atoms with Gasteiger partial charge in [0.2, 0.25) is 0 Å². The quantitative estimate of drug-likeness (QED) is 0.805. The second-order valence-electron chi connectivity index (χ2n) is 4.02. The molecule has 0 radical (unpaired) electrons. The highest BCUT2D eigenvalue weighted by molar-refractivity contribution is 9.10. The lowest BCUT2D eigenvalue weighted by atomic mass is 10.1. The van der Waals surface area contributed by atoms with Gasteiger partial charge in [0, 0.05) is 16.4 Å². The van der Waals surface area contributed by atoms with Crippen molar-refractivity contribution in [3.05, 3.63) is 28.4 Å². The van der Waals surface area contributed by atoms with Gasteiger partial charge in [-0.05, 0) is 31.0 Å². The van der Waals surface area contributed by atoms with Crippen LogP contribution >= 0.6 is 15.9 Å². The Hall–Kier alpha value is -0.830. The van der Waals surface area contributed by atoms with Gasteiger partial charge in [0.1, 0.15) is 0 Å². The van der Waals surface area contributed by atoms with Crippen LogP contribution in [0, 0.1) is 0 Å². The summed E-state index contributed by atoms with van der Waals surface area (Å²) in [7, 11) is 0. The first-order valence-electron chi connectivity index (χ1n) is 5.29. The van der Waals surface area contributed by atoms with Crippen LogP contribution in [0.25, 0.3) is 10.9 Å². The van der Waals surface area contributed by atoms with Crippen LogP contribution in [0.5, 0.6) is 0 Å². The maximum atomic E-state index is 4.64. The molecule has 1 aromatic heterocycles. The van der Waals surface area contributed by atoms with E-state index in [2.05, 4.69) is 64.7 Å². The predicted octanol–water partition coefficient (Wildman–Crippen LogP) is 3.94. The molecule has 2 nitrogen and oxygen atoms in total. The summed E-state index contributed by atoms with van der Waals surface area (Å²) in [6.45, 7) is 7.41. The molecule has 80 valence electrons. The lowest BCUT2D eigenvalue weighted by molar-refractivity contribution is 0.654. The van der Waals surface area contributed by atoms with Crippen molar-refractivity contribution in [1.29, 1.82) is 0 Å². The maximum Gasteiger partial charge on any atom is 0.0728 e. The van der Waals surface area contributed by atoms with Crippen LogP contribution in [0.15, 0.2) is 22.7 Å². The summed E-state index contributed by atoms with van der Waals surface area (Å²) >= 11 is 3.50. The lowest BCUT2D eigenvalue weighted by Gasteiger charge is -1.99. The van der Waals surface area contributed by atoms with Crippen molar-refractivity contribution in [2.45, 2.75) is 33.2 Å². The zero-order valence-electron chi connectivity index (χ0n) is 9.29. The first kappa shape index (κ1) is 10.7. The van der Waals surface area contributed by atoms with Crippen LogP contribution in [0.2, 0.25) is 0 Å². The zero-order chi connectivity index (χ0) is 11.0. The highest BCUT2D eigenvalue weighted by Gasteiger charge is 2.12. The molecule has 2 aromatic rings. The van der Waals surface area contributed by atoms with Crippen molar-refractivity contribution in [3.8, 4) is 0 Å². The molecular weight excluding hydrogens is 252 g/mol. The third-order valence-corrected chi connectivity index (χ3v) is 3.08. The Morgan fingerprint density at radius 3 is 2.73 bits per heavy atom. The van der Waals surface area contributed by atoms with E-state index in [1.165, 1.54) is 16.6 Å². The first-order valence-corrected chi connectivity index (χ1v) is 6.08. The predicted molar refractivity (Wildman–Crippen MR) is 67.2 cm³/mol. The standard InChI is InChI=1S/C12H15BrN2/c1-4-15-11-7-9(13)5-6-10(11)12(14-15)8(2)3/h5-8H,4H2,1-3H3. The van der Waals surface area contributed by atoms with Gasteiger partial charge in [0.15, 0.2) is 0 Å². The van der Waals surface area contributed by atoms with E-state index in [1.54, 1.807) is 0 Å². The van der Waals surface area contributed by atoms with Crippen LogP contribution < -0.4 is 0 Å². The molecular formula is C12H15BrN2. The summed E-state index contributed by atoms with van der Waals surface area (Å²) in [6.07, 6.45) is 0. The van der Waals surface area contributed by atoms with E-state index in [1.807, 2.05) is 0 Å². The molecule has 1 heterocycles. The van der Waals surface area contributed by atoms with E-state index in [0.717, 1.165) is 11.0 Å². The van der Waals surface area contributed by atoms with Gasteiger partial charge in [-0.15, -0.1) is 0 Å². The first-order chi connectivity index (χ1) is 7.13. The number of fused-ring (bicyclic) bond motifs is 1. The van der Waals surface area contributed by atoms with Crippen LogP contribution in [0.1, 0.15) is 32.4 Å². The van der Waals surface area contributed by atoms with E-state index in [0.29, 0.717) is 5.92 Å². The van der Waals surface area contributed by atoms with Crippen molar-refractivity contribution in [2.24, 2.45) is 0 Å². The third kappa shape index (κ3) is 1.81. The van der Waals surface area contributed by atoms with Gasteiger partial charge >= 0.3 is 0 Å². The van der Waals surface area contributed by atoms with Crippen molar-refractivity contribution >= 4 is 26.8 Å². The molecule has 0 aliphatic rings. The fraction of sp³-hybridized carbons (Fsp3) is 0.417. The molecule has 0 aliphatic heterocycles. The van der Waals surface area contributed by atoms with Gasteiger partial charge in [-0.2, -0.15) is 5.10 Å². The highest BCUT2D eigenvalue weighted by atomic mass is 79.9. The average molecular weight is 267 g/mol. The molecule has 0 spiro atoms. The van der Waals surface area contributed by atoms with E-state index in [9.17, 15) is 0 Å². The van der Waals surface area contributed by atoms with Gasteiger partial charge in [-0.1, -0.05) is 29.8 Å². The Bertz CT molecular complexity index is 486. The number of nitrogens with zero attached hydrogens (tertiary/aromatic N) is 2. The Morgan fingerprint density at radius 1 is 1.40 bits per heavy atom. The summed E-state index contributed by atoms with van der Waals surface area (Å²) in [6, 6.07) is 6.36. The van der Waals surface area contributed by atoms with Crippen molar-refractivity contribution in [3.63, 3.8) is 0 Å². The number of benzene rings is 1. The minimum absolute atomic E-state index is 0.474. The smallest absolute Gasteiger partial charge is 0.0728 e.